The molecule has 0 radical (unpaired) electrons. The highest BCUT2D eigenvalue weighted by Gasteiger charge is 2.33. The van der Waals surface area contributed by atoms with E-state index in [-0.39, 0.29) is 66.0 Å². The summed E-state index contributed by atoms with van der Waals surface area (Å²) in [6.45, 7) is 0. The van der Waals surface area contributed by atoms with Gasteiger partial charge in [-0.3, -0.25) is 54.3 Å². The van der Waals surface area contributed by atoms with Gasteiger partial charge in [0.25, 0.3) is 11.8 Å². The van der Waals surface area contributed by atoms with Crippen LogP contribution in [0.15, 0.2) is 135 Å². The van der Waals surface area contributed by atoms with Crippen LogP contribution < -0.4 is 32.3 Å². The summed E-state index contributed by atoms with van der Waals surface area (Å²) in [4.78, 5) is 94.9. The van der Waals surface area contributed by atoms with Crippen LogP contribution in [0.4, 0.5) is 17.1 Å². The van der Waals surface area contributed by atoms with Crippen molar-refractivity contribution in [3.63, 3.8) is 0 Å². The zero-order valence-electron chi connectivity index (χ0n) is 37.8. The van der Waals surface area contributed by atoms with E-state index in [1.165, 1.54) is 12.5 Å². The lowest BCUT2D eigenvalue weighted by molar-refractivity contribution is -0.135. The number of hydrogen-bond donors (Lipinski definition) is 6. The number of nitrogens with two attached hydrogens (primary N) is 1. The van der Waals surface area contributed by atoms with Crippen LogP contribution in [0.5, 0.6) is 0 Å². The number of carbonyl (C=O) groups is 8. The van der Waals surface area contributed by atoms with Crippen LogP contribution in [0.2, 0.25) is 10.0 Å². The van der Waals surface area contributed by atoms with Crippen molar-refractivity contribution in [2.75, 3.05) is 16.4 Å². The van der Waals surface area contributed by atoms with Crippen LogP contribution in [0, 0.1) is 0 Å². The number of piperidine rings is 3. The normalized spacial score (nSPS) is 17.8. The second-order valence-corrected chi connectivity index (χ2v) is 18.1. The minimum Gasteiger partial charge on any atom is -0.464 e. The highest BCUT2D eigenvalue weighted by molar-refractivity contribution is 6.31. The van der Waals surface area contributed by atoms with Gasteiger partial charge >= 0.3 is 0 Å². The van der Waals surface area contributed by atoms with Crippen LogP contribution in [-0.2, 0) is 28.8 Å². The molecule has 6 heterocycles. The second kappa shape index (κ2) is 20.8. The molecule has 364 valence electrons. The Morgan fingerprint density at radius 2 is 0.847 bits per heavy atom. The fourth-order valence-corrected chi connectivity index (χ4v) is 9.15. The summed E-state index contributed by atoms with van der Waals surface area (Å²) < 4.78 is 16.5. The summed E-state index contributed by atoms with van der Waals surface area (Å²) in [5.41, 5.74) is 12.5. The van der Waals surface area contributed by atoms with Gasteiger partial charge in [-0.2, -0.15) is 0 Å². The number of anilines is 3. The third-order valence-corrected chi connectivity index (χ3v) is 12.8. The predicted octanol–water partition coefficient (Wildman–Crippen LogP) is 9.25. The molecule has 3 atom stereocenters. The Labute approximate surface area is 418 Å². The number of benzene rings is 5. The maximum absolute atomic E-state index is 12.4. The maximum atomic E-state index is 12.4. The van der Waals surface area contributed by atoms with Gasteiger partial charge in [-0.15, -0.1) is 0 Å². The molecule has 0 bridgehead atoms. The van der Waals surface area contributed by atoms with Crippen molar-refractivity contribution < 1.29 is 51.6 Å². The molecule has 3 saturated heterocycles. The van der Waals surface area contributed by atoms with Crippen molar-refractivity contribution in [2.45, 2.75) is 56.3 Å². The highest BCUT2D eigenvalue weighted by Crippen LogP contribution is 2.37. The molecule has 7 N–H and O–H groups in total. The lowest BCUT2D eigenvalue weighted by atomic mass is 9.90. The number of hydrogen-bond acceptors (Lipinski definition) is 12. The third-order valence-electron chi connectivity index (χ3n) is 12.4. The molecule has 8 aromatic rings. The van der Waals surface area contributed by atoms with Crippen LogP contribution in [0.25, 0.3) is 32.9 Å². The first-order valence-electron chi connectivity index (χ1n) is 22.6. The molecule has 0 saturated carbocycles. The number of nitrogens with one attached hydrogen (secondary N) is 5. The number of carbonyl (C=O) groups excluding carboxylic acids is 8. The van der Waals surface area contributed by atoms with Gasteiger partial charge in [0.1, 0.15) is 16.7 Å². The molecule has 3 unspecified atom stereocenters. The topological polar surface area (TPSA) is 262 Å². The van der Waals surface area contributed by atoms with E-state index < -0.39 is 11.8 Å². The Bertz CT molecular complexity index is 3330. The van der Waals surface area contributed by atoms with E-state index in [4.69, 9.17) is 42.2 Å². The number of furan rings is 3. The lowest BCUT2D eigenvalue weighted by Gasteiger charge is -2.20. The molecule has 8 amide bonds. The lowest BCUT2D eigenvalue weighted by Crippen LogP contribution is -2.39. The number of amides is 8. The van der Waals surface area contributed by atoms with E-state index in [1.807, 2.05) is 0 Å². The standard InChI is InChI=1S/2C20H15ClN2O4.C13H12N2O3/c2*21-12-3-1-2-11(8-12)19(25)22-13-4-6-17-15(9-13)16(10-27-17)14-5-7-18(24)23-20(14)26;14-7-1-3-11-9(5-7)10(6-18-11)8-2-4-12(16)15-13(8)17/h2*1-4,6,8-10,14H,5,7H2,(H,22,25)(H,23,24,26);1,3,5-6,8H,2,4,14H2,(H,15,16,17). The van der Waals surface area contributed by atoms with Gasteiger partial charge in [0.2, 0.25) is 35.4 Å². The minimum absolute atomic E-state index is 0.219. The highest BCUT2D eigenvalue weighted by atomic mass is 35.5. The minimum atomic E-state index is -0.456. The third kappa shape index (κ3) is 10.8. The zero-order chi connectivity index (χ0) is 50.6. The fourth-order valence-electron chi connectivity index (χ4n) is 8.77. The first-order chi connectivity index (χ1) is 34.7. The first-order valence-corrected chi connectivity index (χ1v) is 23.4. The average molecular weight is 1010 g/mol. The number of rotatable bonds is 7. The molecule has 3 aromatic heterocycles. The second-order valence-electron chi connectivity index (χ2n) is 17.2. The Hall–Kier alpha value is -8.54. The largest absolute Gasteiger partial charge is 0.464 e. The summed E-state index contributed by atoms with van der Waals surface area (Å²) in [6.07, 6.45) is 6.93. The summed E-state index contributed by atoms with van der Waals surface area (Å²) >= 11 is 11.9. The van der Waals surface area contributed by atoms with Gasteiger partial charge < -0.3 is 29.6 Å². The molecule has 0 spiro atoms. The van der Waals surface area contributed by atoms with E-state index in [2.05, 4.69) is 26.6 Å². The van der Waals surface area contributed by atoms with Crippen molar-refractivity contribution in [3.05, 3.63) is 160 Å². The first kappa shape index (κ1) is 48.5. The predicted molar refractivity (Wildman–Crippen MR) is 267 cm³/mol. The Morgan fingerprint density at radius 3 is 1.21 bits per heavy atom. The van der Waals surface area contributed by atoms with Gasteiger partial charge in [-0.25, -0.2) is 0 Å². The molecule has 72 heavy (non-hydrogen) atoms. The fraction of sp³-hybridized carbons (Fsp3) is 0.170. The summed E-state index contributed by atoms with van der Waals surface area (Å²) in [5.74, 6) is -3.51. The van der Waals surface area contributed by atoms with Crippen molar-refractivity contribution in [2.24, 2.45) is 0 Å². The van der Waals surface area contributed by atoms with Crippen molar-refractivity contribution in [1.29, 1.82) is 0 Å². The van der Waals surface area contributed by atoms with Gasteiger partial charge in [0.15, 0.2) is 0 Å². The van der Waals surface area contributed by atoms with Crippen molar-refractivity contribution in [1.82, 2.24) is 16.0 Å². The van der Waals surface area contributed by atoms with Crippen molar-refractivity contribution >= 4 is 120 Å². The summed E-state index contributed by atoms with van der Waals surface area (Å²) in [5, 5.41) is 16.0. The van der Waals surface area contributed by atoms with Crippen molar-refractivity contribution in [3.8, 4) is 0 Å². The number of halogens is 2. The number of nitrogen functional groups attached to an aromatic ring is 1. The van der Waals surface area contributed by atoms with Gasteiger partial charge in [0, 0.05) is 90.3 Å². The molecular weight excluding hydrogens is 968 g/mol. The smallest absolute Gasteiger partial charge is 0.255 e. The molecule has 11 rings (SSSR count). The maximum Gasteiger partial charge on any atom is 0.255 e. The quantitative estimate of drug-likeness (QED) is 0.0645. The zero-order valence-corrected chi connectivity index (χ0v) is 39.4. The van der Waals surface area contributed by atoms with Crippen LogP contribution in [0.3, 0.4) is 0 Å². The van der Waals surface area contributed by atoms with Crippen LogP contribution in [-0.4, -0.2) is 47.3 Å². The average Bonchev–Trinajstić information content (AvgIpc) is 4.09. The molecule has 3 aliphatic heterocycles. The van der Waals surface area contributed by atoms with Crippen LogP contribution in [0.1, 0.15) is 93.7 Å². The van der Waals surface area contributed by atoms with E-state index in [9.17, 15) is 38.4 Å². The van der Waals surface area contributed by atoms with Gasteiger partial charge in [-0.1, -0.05) is 35.3 Å². The summed E-state index contributed by atoms with van der Waals surface area (Å²) in [7, 11) is 0. The molecule has 17 nitrogen and oxygen atoms in total. The number of fused-ring (bicyclic) bond motifs is 3. The summed E-state index contributed by atoms with van der Waals surface area (Å²) in [6, 6.07) is 29.1. The molecular formula is C53H42Cl2N6O11. The van der Waals surface area contributed by atoms with Crippen LogP contribution >= 0.6 is 23.2 Å². The van der Waals surface area contributed by atoms with E-state index in [0.29, 0.717) is 91.8 Å². The monoisotopic (exact) mass is 1010 g/mol. The Kier molecular flexibility index (Phi) is 14.0. The van der Waals surface area contributed by atoms with Gasteiger partial charge in [-0.05, 0) is 110 Å². The van der Waals surface area contributed by atoms with Gasteiger partial charge in [0.05, 0.1) is 36.5 Å². The van der Waals surface area contributed by atoms with E-state index in [1.54, 1.807) is 109 Å². The SMILES string of the molecule is Nc1ccc2occ(C3CCC(=O)NC3=O)c2c1.O=C1CCC(c2coc3ccc(NC(=O)c4cccc(Cl)c4)cc23)C(=O)N1.O=C1CCC(c2coc3ccc(NC(=O)c4cccc(Cl)c4)cc23)C(=O)N1. The molecule has 3 aliphatic rings. The Balaban J connectivity index is 0.000000136. The molecule has 3 fully saturated rings. The van der Waals surface area contributed by atoms with E-state index >= 15 is 0 Å². The molecule has 0 aliphatic carbocycles. The number of imide groups is 3. The molecule has 5 aromatic carbocycles. The van der Waals surface area contributed by atoms with E-state index in [0.717, 1.165) is 21.7 Å². The molecule has 19 heteroatoms. The Morgan fingerprint density at radius 1 is 0.486 bits per heavy atom.